The van der Waals surface area contributed by atoms with Crippen molar-refractivity contribution in [2.45, 2.75) is 38.3 Å². The lowest BCUT2D eigenvalue weighted by molar-refractivity contribution is 0.194. The highest BCUT2D eigenvalue weighted by Gasteiger charge is 2.36. The van der Waals surface area contributed by atoms with Crippen LogP contribution in [0.25, 0.3) is 0 Å². The maximum Gasteiger partial charge on any atom is 0.125 e. The molecular weight excluding hydrogens is 263 g/mol. The third-order valence-corrected chi connectivity index (χ3v) is 4.80. The molecule has 4 heteroatoms. The molecule has 2 unspecified atom stereocenters. The van der Waals surface area contributed by atoms with Crippen molar-refractivity contribution in [2.24, 2.45) is 0 Å². The molecule has 0 spiro atoms. The summed E-state index contributed by atoms with van der Waals surface area (Å²) in [5, 5.41) is 0.659. The minimum Gasteiger partial charge on any atom is -0.364 e. The van der Waals surface area contributed by atoms with Crippen molar-refractivity contribution in [3.63, 3.8) is 0 Å². The quantitative estimate of drug-likeness (QED) is 0.819. The molecule has 3 rings (SSSR count). The van der Waals surface area contributed by atoms with Gasteiger partial charge in [-0.25, -0.2) is 4.39 Å². The van der Waals surface area contributed by atoms with Gasteiger partial charge in [0.1, 0.15) is 5.82 Å². The van der Waals surface area contributed by atoms with Gasteiger partial charge in [-0.1, -0.05) is 18.5 Å². The van der Waals surface area contributed by atoms with Crippen molar-refractivity contribution in [3.05, 3.63) is 29.0 Å². The second kappa shape index (κ2) is 5.29. The van der Waals surface area contributed by atoms with E-state index in [-0.39, 0.29) is 5.82 Å². The molecule has 0 radical (unpaired) electrons. The summed E-state index contributed by atoms with van der Waals surface area (Å²) in [6.45, 7) is 5.46. The minimum atomic E-state index is -0.205. The van der Waals surface area contributed by atoms with Crippen molar-refractivity contribution in [3.8, 4) is 0 Å². The monoisotopic (exact) mass is 282 g/mol. The van der Waals surface area contributed by atoms with Gasteiger partial charge in [-0.2, -0.15) is 0 Å². The highest BCUT2D eigenvalue weighted by Crippen LogP contribution is 2.34. The fourth-order valence-electron chi connectivity index (χ4n) is 3.44. The van der Waals surface area contributed by atoms with Crippen molar-refractivity contribution in [2.75, 3.05) is 24.5 Å². The maximum absolute atomic E-state index is 13.5. The average molecular weight is 283 g/mol. The van der Waals surface area contributed by atoms with Crippen LogP contribution in [-0.4, -0.2) is 36.6 Å². The lowest BCUT2D eigenvalue weighted by Crippen LogP contribution is -2.56. The van der Waals surface area contributed by atoms with Crippen molar-refractivity contribution < 1.29 is 4.39 Å². The molecule has 2 atom stereocenters. The summed E-state index contributed by atoms with van der Waals surface area (Å²) in [4.78, 5) is 4.90. The zero-order valence-corrected chi connectivity index (χ0v) is 12.0. The molecule has 2 aliphatic heterocycles. The molecule has 2 saturated heterocycles. The van der Waals surface area contributed by atoms with Gasteiger partial charge in [-0.05, 0) is 44.0 Å². The Morgan fingerprint density at radius 3 is 3.00 bits per heavy atom. The lowest BCUT2D eigenvalue weighted by Gasteiger charge is -2.45. The van der Waals surface area contributed by atoms with Crippen LogP contribution in [0.4, 0.5) is 10.1 Å². The van der Waals surface area contributed by atoms with Gasteiger partial charge in [0.05, 0.1) is 10.7 Å². The highest BCUT2D eigenvalue weighted by atomic mass is 35.5. The summed E-state index contributed by atoms with van der Waals surface area (Å²) in [5.41, 5.74) is 0.861. The second-order valence-corrected chi connectivity index (χ2v) is 6.01. The van der Waals surface area contributed by atoms with Gasteiger partial charge in [0.15, 0.2) is 0 Å². The van der Waals surface area contributed by atoms with Gasteiger partial charge in [0, 0.05) is 25.2 Å². The third-order valence-electron chi connectivity index (χ3n) is 4.48. The van der Waals surface area contributed by atoms with Crippen LogP contribution < -0.4 is 4.90 Å². The van der Waals surface area contributed by atoms with Gasteiger partial charge in [0.2, 0.25) is 0 Å². The summed E-state index contributed by atoms with van der Waals surface area (Å²) in [6.07, 6.45) is 3.60. The standard InChI is InChI=1S/C15H20ClFN2/c1-2-12-9-18-7-3-4-13(18)10-19(12)15-8-11(17)5-6-14(15)16/h5-6,8,12-13H,2-4,7,9-10H2,1H3. The van der Waals surface area contributed by atoms with Crippen LogP contribution in [0.5, 0.6) is 0 Å². The molecule has 0 N–H and O–H groups in total. The van der Waals surface area contributed by atoms with Gasteiger partial charge >= 0.3 is 0 Å². The van der Waals surface area contributed by atoms with E-state index < -0.39 is 0 Å². The Kier molecular flexibility index (Phi) is 3.68. The normalized spacial score (nSPS) is 27.6. The topological polar surface area (TPSA) is 6.48 Å². The summed E-state index contributed by atoms with van der Waals surface area (Å²) in [6, 6.07) is 5.73. The minimum absolute atomic E-state index is 0.205. The van der Waals surface area contributed by atoms with E-state index in [1.165, 1.54) is 25.5 Å². The number of rotatable bonds is 2. The largest absolute Gasteiger partial charge is 0.364 e. The predicted octanol–water partition coefficient (Wildman–Crippen LogP) is 3.54. The SMILES string of the molecule is CCC1CN2CCCC2CN1c1cc(F)ccc1Cl. The van der Waals surface area contributed by atoms with E-state index in [4.69, 9.17) is 11.6 Å². The first kappa shape index (κ1) is 13.2. The molecule has 0 saturated carbocycles. The van der Waals surface area contributed by atoms with E-state index in [9.17, 15) is 4.39 Å². The van der Waals surface area contributed by atoms with Gasteiger partial charge in [0.25, 0.3) is 0 Å². The van der Waals surface area contributed by atoms with Crippen LogP contribution in [0.3, 0.4) is 0 Å². The molecule has 0 amide bonds. The lowest BCUT2D eigenvalue weighted by atomic mass is 10.0. The number of piperazine rings is 1. The molecule has 2 heterocycles. The van der Waals surface area contributed by atoms with Crippen LogP contribution in [-0.2, 0) is 0 Å². The second-order valence-electron chi connectivity index (χ2n) is 5.60. The van der Waals surface area contributed by atoms with Crippen molar-refractivity contribution in [1.82, 2.24) is 4.90 Å². The van der Waals surface area contributed by atoms with Gasteiger partial charge in [-0.15, -0.1) is 0 Å². The number of anilines is 1. The number of halogens is 2. The number of nitrogens with zero attached hydrogens (tertiary/aromatic N) is 2. The summed E-state index contributed by atoms with van der Waals surface area (Å²) < 4.78 is 13.5. The third kappa shape index (κ3) is 2.46. The van der Waals surface area contributed by atoms with E-state index in [1.54, 1.807) is 12.1 Å². The Labute approximate surface area is 119 Å². The van der Waals surface area contributed by atoms with Crippen LogP contribution in [0.1, 0.15) is 26.2 Å². The zero-order valence-electron chi connectivity index (χ0n) is 11.3. The molecule has 19 heavy (non-hydrogen) atoms. The van der Waals surface area contributed by atoms with Crippen molar-refractivity contribution in [1.29, 1.82) is 0 Å². The molecule has 104 valence electrons. The van der Waals surface area contributed by atoms with Crippen LogP contribution in [0.2, 0.25) is 5.02 Å². The fraction of sp³-hybridized carbons (Fsp3) is 0.600. The van der Waals surface area contributed by atoms with E-state index in [0.29, 0.717) is 17.1 Å². The molecule has 2 fully saturated rings. The molecule has 2 aliphatic rings. The van der Waals surface area contributed by atoms with Crippen molar-refractivity contribution >= 4 is 17.3 Å². The summed E-state index contributed by atoms with van der Waals surface area (Å²) in [7, 11) is 0. The van der Waals surface area contributed by atoms with Crippen LogP contribution in [0.15, 0.2) is 18.2 Å². The molecule has 1 aromatic carbocycles. The Morgan fingerprint density at radius 1 is 1.37 bits per heavy atom. The molecule has 0 bridgehead atoms. The number of benzene rings is 1. The average Bonchev–Trinajstić information content (AvgIpc) is 2.87. The molecule has 0 aliphatic carbocycles. The smallest absolute Gasteiger partial charge is 0.125 e. The van der Waals surface area contributed by atoms with Crippen LogP contribution >= 0.6 is 11.6 Å². The Balaban J connectivity index is 1.90. The van der Waals surface area contributed by atoms with E-state index in [2.05, 4.69) is 16.7 Å². The van der Waals surface area contributed by atoms with E-state index in [0.717, 1.165) is 25.2 Å². The molecule has 2 nitrogen and oxygen atoms in total. The highest BCUT2D eigenvalue weighted by molar-refractivity contribution is 6.33. The maximum atomic E-state index is 13.5. The first-order valence-corrected chi connectivity index (χ1v) is 7.52. The summed E-state index contributed by atoms with van der Waals surface area (Å²) >= 11 is 6.27. The van der Waals surface area contributed by atoms with E-state index >= 15 is 0 Å². The Morgan fingerprint density at radius 2 is 2.21 bits per heavy atom. The molecule has 1 aromatic rings. The van der Waals surface area contributed by atoms with Gasteiger partial charge < -0.3 is 4.90 Å². The van der Waals surface area contributed by atoms with Crippen LogP contribution in [0, 0.1) is 5.82 Å². The number of hydrogen-bond donors (Lipinski definition) is 0. The molecular formula is C15H20ClFN2. The van der Waals surface area contributed by atoms with Gasteiger partial charge in [-0.3, -0.25) is 4.90 Å². The van der Waals surface area contributed by atoms with E-state index in [1.807, 2.05) is 0 Å². The number of fused-ring (bicyclic) bond motifs is 1. The fourth-order valence-corrected chi connectivity index (χ4v) is 3.66. The zero-order chi connectivity index (χ0) is 13.4. The Bertz CT molecular complexity index is 465. The Hall–Kier alpha value is -0.800. The first-order valence-electron chi connectivity index (χ1n) is 7.14. The number of hydrogen-bond acceptors (Lipinski definition) is 2. The summed E-state index contributed by atoms with van der Waals surface area (Å²) in [5.74, 6) is -0.205. The first-order chi connectivity index (χ1) is 9.19. The predicted molar refractivity (Wildman–Crippen MR) is 77.4 cm³/mol. The molecule has 0 aromatic heterocycles.